The molecule has 0 saturated carbocycles. The molecule has 0 unspecified atom stereocenters. The van der Waals surface area contributed by atoms with E-state index in [-0.39, 0.29) is 0 Å². The van der Waals surface area contributed by atoms with Gasteiger partial charge < -0.3 is 9.15 Å². The second-order valence-corrected chi connectivity index (χ2v) is 6.45. The van der Waals surface area contributed by atoms with Gasteiger partial charge >= 0.3 is 0 Å². The largest absolute Gasteiger partial charge is 0.487 e. The number of aromatic nitrogens is 2. The molecule has 4 heteroatoms. The number of ether oxygens (including phenoxy) is 1. The maximum Gasteiger partial charge on any atom is 0.220 e. The van der Waals surface area contributed by atoms with Gasteiger partial charge in [0.1, 0.15) is 17.9 Å². The zero-order chi connectivity index (χ0) is 18.6. The lowest BCUT2D eigenvalue weighted by molar-refractivity contribution is 0.297. The monoisotopic (exact) mass is 356 g/mol. The molecule has 2 heterocycles. The van der Waals surface area contributed by atoms with Crippen molar-refractivity contribution in [2.24, 2.45) is 0 Å². The molecule has 0 saturated heterocycles. The SMILES string of the molecule is Cc1cc(/C=C\c2nc3ccccc3o2)cc(C)c1OCc1ccccn1. The molecule has 27 heavy (non-hydrogen) atoms. The first-order valence-corrected chi connectivity index (χ1v) is 8.87. The lowest BCUT2D eigenvalue weighted by atomic mass is 10.1. The van der Waals surface area contributed by atoms with Gasteiger partial charge in [-0.25, -0.2) is 4.98 Å². The number of benzene rings is 2. The van der Waals surface area contributed by atoms with Crippen molar-refractivity contribution in [3.63, 3.8) is 0 Å². The van der Waals surface area contributed by atoms with E-state index in [4.69, 9.17) is 9.15 Å². The topological polar surface area (TPSA) is 48.2 Å². The second-order valence-electron chi connectivity index (χ2n) is 6.45. The molecule has 2 aromatic heterocycles. The number of aryl methyl sites for hydroxylation is 2. The summed E-state index contributed by atoms with van der Waals surface area (Å²) < 4.78 is 11.7. The number of pyridine rings is 1. The first kappa shape index (κ1) is 17.0. The molecule has 4 nitrogen and oxygen atoms in total. The molecular weight excluding hydrogens is 336 g/mol. The fraction of sp³-hybridized carbons (Fsp3) is 0.130. The van der Waals surface area contributed by atoms with Crippen molar-refractivity contribution >= 4 is 23.3 Å². The molecule has 0 N–H and O–H groups in total. The van der Waals surface area contributed by atoms with E-state index in [0.29, 0.717) is 12.5 Å². The molecule has 0 aliphatic carbocycles. The van der Waals surface area contributed by atoms with E-state index in [1.807, 2.05) is 54.6 Å². The van der Waals surface area contributed by atoms with Gasteiger partial charge in [-0.05, 0) is 73.0 Å². The lowest BCUT2D eigenvalue weighted by Crippen LogP contribution is -2.01. The third-order valence-corrected chi connectivity index (χ3v) is 4.30. The number of fused-ring (bicyclic) bond motifs is 1. The summed E-state index contributed by atoms with van der Waals surface area (Å²) in [6, 6.07) is 17.8. The summed E-state index contributed by atoms with van der Waals surface area (Å²) in [6.07, 6.45) is 5.67. The standard InChI is InChI=1S/C23H20N2O2/c1-16-13-18(10-11-22-25-20-8-3-4-9-21(20)27-22)14-17(2)23(16)26-15-19-7-5-6-12-24-19/h3-14H,15H2,1-2H3/b11-10-. The molecule has 2 aromatic carbocycles. The van der Waals surface area contributed by atoms with Crippen molar-refractivity contribution in [3.05, 3.63) is 89.1 Å². The zero-order valence-electron chi connectivity index (χ0n) is 15.3. The normalized spacial score (nSPS) is 11.3. The summed E-state index contributed by atoms with van der Waals surface area (Å²) in [5.74, 6) is 1.50. The zero-order valence-corrected chi connectivity index (χ0v) is 15.3. The molecule has 0 aliphatic rings. The van der Waals surface area contributed by atoms with Gasteiger partial charge in [0.25, 0.3) is 0 Å². The van der Waals surface area contributed by atoms with Crippen LogP contribution in [0.1, 0.15) is 28.3 Å². The number of hydrogen-bond acceptors (Lipinski definition) is 4. The van der Waals surface area contributed by atoms with Gasteiger partial charge in [-0.1, -0.05) is 18.2 Å². The van der Waals surface area contributed by atoms with Crippen molar-refractivity contribution in [1.29, 1.82) is 0 Å². The predicted octanol–water partition coefficient (Wildman–Crippen LogP) is 5.59. The molecule has 134 valence electrons. The van der Waals surface area contributed by atoms with Crippen LogP contribution in [-0.4, -0.2) is 9.97 Å². The number of nitrogens with zero attached hydrogens (tertiary/aromatic N) is 2. The molecule has 0 radical (unpaired) electrons. The predicted molar refractivity (Wildman–Crippen MR) is 107 cm³/mol. The van der Waals surface area contributed by atoms with Gasteiger partial charge in [0.15, 0.2) is 5.58 Å². The van der Waals surface area contributed by atoms with E-state index in [2.05, 4.69) is 35.9 Å². The highest BCUT2D eigenvalue weighted by atomic mass is 16.5. The Morgan fingerprint density at radius 2 is 1.74 bits per heavy atom. The molecule has 0 fully saturated rings. The van der Waals surface area contributed by atoms with Gasteiger partial charge in [-0.2, -0.15) is 0 Å². The van der Waals surface area contributed by atoms with Gasteiger partial charge in [-0.3, -0.25) is 4.98 Å². The highest BCUT2D eigenvalue weighted by Crippen LogP contribution is 2.27. The van der Waals surface area contributed by atoms with E-state index in [0.717, 1.165) is 39.2 Å². The van der Waals surface area contributed by atoms with Crippen LogP contribution in [0.4, 0.5) is 0 Å². The van der Waals surface area contributed by atoms with E-state index < -0.39 is 0 Å². The van der Waals surface area contributed by atoms with Crippen molar-refractivity contribution in [1.82, 2.24) is 9.97 Å². The molecule has 0 atom stereocenters. The molecule has 0 bridgehead atoms. The molecule has 4 rings (SSSR count). The minimum atomic E-state index is 0.459. The Morgan fingerprint density at radius 3 is 2.48 bits per heavy atom. The Hall–Kier alpha value is -3.40. The number of para-hydroxylation sites is 2. The Labute approximate surface area is 158 Å². The first-order chi connectivity index (χ1) is 13.2. The van der Waals surface area contributed by atoms with E-state index in [1.165, 1.54) is 0 Å². The Kier molecular flexibility index (Phi) is 4.71. The summed E-state index contributed by atoms with van der Waals surface area (Å²) in [4.78, 5) is 8.77. The van der Waals surface area contributed by atoms with Crippen LogP contribution in [0, 0.1) is 13.8 Å². The first-order valence-electron chi connectivity index (χ1n) is 8.87. The summed E-state index contributed by atoms with van der Waals surface area (Å²) >= 11 is 0. The molecule has 0 aliphatic heterocycles. The van der Waals surface area contributed by atoms with Crippen LogP contribution >= 0.6 is 0 Å². The van der Waals surface area contributed by atoms with Crippen LogP contribution < -0.4 is 4.74 Å². The third kappa shape index (κ3) is 3.90. The summed E-state index contributed by atoms with van der Waals surface area (Å²) in [5, 5.41) is 0. The number of oxazole rings is 1. The third-order valence-electron chi connectivity index (χ3n) is 4.30. The summed E-state index contributed by atoms with van der Waals surface area (Å²) in [7, 11) is 0. The smallest absolute Gasteiger partial charge is 0.220 e. The summed E-state index contributed by atoms with van der Waals surface area (Å²) in [5.41, 5.74) is 5.82. The molecule has 0 amide bonds. The minimum absolute atomic E-state index is 0.459. The highest BCUT2D eigenvalue weighted by molar-refractivity contribution is 5.76. The molecule has 4 aromatic rings. The minimum Gasteiger partial charge on any atom is -0.487 e. The second kappa shape index (κ2) is 7.46. The number of hydrogen-bond donors (Lipinski definition) is 0. The van der Waals surface area contributed by atoms with Gasteiger partial charge in [0, 0.05) is 12.3 Å². The lowest BCUT2D eigenvalue weighted by Gasteiger charge is -2.13. The maximum atomic E-state index is 5.99. The average molecular weight is 356 g/mol. The maximum absolute atomic E-state index is 5.99. The van der Waals surface area contributed by atoms with E-state index >= 15 is 0 Å². The fourth-order valence-corrected chi connectivity index (χ4v) is 3.07. The van der Waals surface area contributed by atoms with Crippen LogP contribution in [0.15, 0.2) is 65.2 Å². The molecular formula is C23H20N2O2. The number of rotatable bonds is 5. The Balaban J connectivity index is 1.52. The van der Waals surface area contributed by atoms with E-state index in [9.17, 15) is 0 Å². The quantitative estimate of drug-likeness (QED) is 0.468. The van der Waals surface area contributed by atoms with Crippen molar-refractivity contribution in [2.75, 3.05) is 0 Å². The van der Waals surface area contributed by atoms with Crippen LogP contribution in [0.25, 0.3) is 23.3 Å². The highest BCUT2D eigenvalue weighted by Gasteiger charge is 2.07. The van der Waals surface area contributed by atoms with Crippen LogP contribution in [0.5, 0.6) is 5.75 Å². The summed E-state index contributed by atoms with van der Waals surface area (Å²) in [6.45, 7) is 4.57. The van der Waals surface area contributed by atoms with Crippen molar-refractivity contribution < 1.29 is 9.15 Å². The fourth-order valence-electron chi connectivity index (χ4n) is 3.07. The van der Waals surface area contributed by atoms with Gasteiger partial charge in [-0.15, -0.1) is 0 Å². The van der Waals surface area contributed by atoms with Crippen LogP contribution in [0.3, 0.4) is 0 Å². The molecule has 0 spiro atoms. The van der Waals surface area contributed by atoms with Gasteiger partial charge in [0.05, 0.1) is 5.69 Å². The average Bonchev–Trinajstić information content (AvgIpc) is 3.09. The van der Waals surface area contributed by atoms with E-state index in [1.54, 1.807) is 6.20 Å². The Bertz CT molecular complexity index is 1040. The van der Waals surface area contributed by atoms with Crippen molar-refractivity contribution in [3.8, 4) is 5.75 Å². The van der Waals surface area contributed by atoms with Gasteiger partial charge in [0.2, 0.25) is 5.89 Å². The Morgan fingerprint density at radius 1 is 0.963 bits per heavy atom. The van der Waals surface area contributed by atoms with Crippen LogP contribution in [0.2, 0.25) is 0 Å². The van der Waals surface area contributed by atoms with Crippen LogP contribution in [-0.2, 0) is 6.61 Å². The van der Waals surface area contributed by atoms with Crippen molar-refractivity contribution in [2.45, 2.75) is 20.5 Å².